The standard InChI is InChI=1S/C18H21Cl2N/c1-3-13-6-5-7-15(10-13)18(21-4-2)12-14-8-9-16(19)17(20)11-14/h5-11,18,21H,3-4,12H2,1-2H3. The summed E-state index contributed by atoms with van der Waals surface area (Å²) in [4.78, 5) is 0. The summed E-state index contributed by atoms with van der Waals surface area (Å²) in [5.74, 6) is 0. The summed E-state index contributed by atoms with van der Waals surface area (Å²) in [5.41, 5.74) is 3.88. The van der Waals surface area contributed by atoms with Crippen LogP contribution in [-0.4, -0.2) is 6.54 Å². The van der Waals surface area contributed by atoms with Crippen LogP contribution in [0.5, 0.6) is 0 Å². The van der Waals surface area contributed by atoms with E-state index in [-0.39, 0.29) is 0 Å². The van der Waals surface area contributed by atoms with Gasteiger partial charge in [0.1, 0.15) is 0 Å². The van der Waals surface area contributed by atoms with E-state index < -0.39 is 0 Å². The molecule has 2 rings (SSSR count). The highest BCUT2D eigenvalue weighted by Gasteiger charge is 2.12. The molecule has 0 spiro atoms. The van der Waals surface area contributed by atoms with Gasteiger partial charge in [0.25, 0.3) is 0 Å². The lowest BCUT2D eigenvalue weighted by molar-refractivity contribution is 0.549. The van der Waals surface area contributed by atoms with Crippen molar-refractivity contribution in [3.63, 3.8) is 0 Å². The van der Waals surface area contributed by atoms with Gasteiger partial charge in [-0.15, -0.1) is 0 Å². The molecule has 112 valence electrons. The Labute approximate surface area is 137 Å². The molecule has 0 aliphatic carbocycles. The van der Waals surface area contributed by atoms with Gasteiger partial charge in [0.2, 0.25) is 0 Å². The fourth-order valence-electron chi connectivity index (χ4n) is 2.49. The predicted octanol–water partition coefficient (Wildman–Crippen LogP) is 5.45. The molecular formula is C18H21Cl2N. The minimum Gasteiger partial charge on any atom is -0.310 e. The van der Waals surface area contributed by atoms with E-state index in [1.807, 2.05) is 18.2 Å². The van der Waals surface area contributed by atoms with Crippen molar-refractivity contribution in [3.05, 3.63) is 69.2 Å². The summed E-state index contributed by atoms with van der Waals surface area (Å²) in [6.45, 7) is 5.24. The summed E-state index contributed by atoms with van der Waals surface area (Å²) < 4.78 is 0. The van der Waals surface area contributed by atoms with Gasteiger partial charge in [0.15, 0.2) is 0 Å². The van der Waals surface area contributed by atoms with E-state index in [1.54, 1.807) is 0 Å². The first-order chi connectivity index (χ1) is 10.1. The van der Waals surface area contributed by atoms with Crippen molar-refractivity contribution in [2.75, 3.05) is 6.54 Å². The molecule has 0 amide bonds. The second-order valence-corrected chi connectivity index (χ2v) is 5.98. The molecule has 0 aliphatic rings. The van der Waals surface area contributed by atoms with Crippen LogP contribution in [0, 0.1) is 0 Å². The number of nitrogens with one attached hydrogen (secondary N) is 1. The van der Waals surface area contributed by atoms with E-state index in [0.717, 1.165) is 19.4 Å². The van der Waals surface area contributed by atoms with Gasteiger partial charge < -0.3 is 5.32 Å². The molecule has 3 heteroatoms. The van der Waals surface area contributed by atoms with Gasteiger partial charge in [0.05, 0.1) is 10.0 Å². The smallest absolute Gasteiger partial charge is 0.0595 e. The van der Waals surface area contributed by atoms with E-state index in [9.17, 15) is 0 Å². The van der Waals surface area contributed by atoms with Crippen molar-refractivity contribution in [1.82, 2.24) is 5.32 Å². The van der Waals surface area contributed by atoms with E-state index in [0.29, 0.717) is 16.1 Å². The van der Waals surface area contributed by atoms with Crippen molar-refractivity contribution in [2.24, 2.45) is 0 Å². The van der Waals surface area contributed by atoms with Gasteiger partial charge >= 0.3 is 0 Å². The Morgan fingerprint density at radius 2 is 1.76 bits per heavy atom. The molecule has 0 bridgehead atoms. The normalized spacial score (nSPS) is 12.4. The monoisotopic (exact) mass is 321 g/mol. The molecule has 1 atom stereocenters. The maximum absolute atomic E-state index is 6.12. The van der Waals surface area contributed by atoms with Gasteiger partial charge in [-0.3, -0.25) is 0 Å². The molecule has 0 aliphatic heterocycles. The van der Waals surface area contributed by atoms with Crippen LogP contribution in [0.25, 0.3) is 0 Å². The molecule has 0 heterocycles. The average Bonchev–Trinajstić information content (AvgIpc) is 2.50. The molecule has 1 nitrogen and oxygen atoms in total. The maximum Gasteiger partial charge on any atom is 0.0595 e. The van der Waals surface area contributed by atoms with Crippen molar-refractivity contribution in [1.29, 1.82) is 0 Å². The molecule has 1 N–H and O–H groups in total. The minimum absolute atomic E-state index is 0.291. The number of hydrogen-bond donors (Lipinski definition) is 1. The Morgan fingerprint density at radius 3 is 2.43 bits per heavy atom. The van der Waals surface area contributed by atoms with Crippen LogP contribution in [0.1, 0.15) is 36.6 Å². The molecule has 1 unspecified atom stereocenters. The first-order valence-corrected chi connectivity index (χ1v) is 8.15. The van der Waals surface area contributed by atoms with Crippen LogP contribution >= 0.6 is 23.2 Å². The third-order valence-electron chi connectivity index (χ3n) is 3.64. The summed E-state index contributed by atoms with van der Waals surface area (Å²) in [6, 6.07) is 14.9. The largest absolute Gasteiger partial charge is 0.310 e. The van der Waals surface area contributed by atoms with Crippen LogP contribution < -0.4 is 5.32 Å². The van der Waals surface area contributed by atoms with E-state index >= 15 is 0 Å². The number of aryl methyl sites for hydroxylation is 1. The number of halogens is 2. The maximum atomic E-state index is 6.12. The first kappa shape index (κ1) is 16.4. The van der Waals surface area contributed by atoms with Crippen molar-refractivity contribution >= 4 is 23.2 Å². The molecule has 21 heavy (non-hydrogen) atoms. The summed E-state index contributed by atoms with van der Waals surface area (Å²) >= 11 is 12.1. The van der Waals surface area contributed by atoms with Crippen molar-refractivity contribution < 1.29 is 0 Å². The predicted molar refractivity (Wildman–Crippen MR) is 92.4 cm³/mol. The van der Waals surface area contributed by atoms with Crippen LogP contribution in [0.3, 0.4) is 0 Å². The molecule has 2 aromatic carbocycles. The fourth-order valence-corrected chi connectivity index (χ4v) is 2.81. The fraction of sp³-hybridized carbons (Fsp3) is 0.333. The third kappa shape index (κ3) is 4.47. The first-order valence-electron chi connectivity index (χ1n) is 7.40. The number of benzene rings is 2. The van der Waals surface area contributed by atoms with Gasteiger partial charge in [0, 0.05) is 6.04 Å². The van der Waals surface area contributed by atoms with Gasteiger partial charge in [-0.1, -0.05) is 67.4 Å². The molecule has 0 saturated heterocycles. The highest BCUT2D eigenvalue weighted by atomic mass is 35.5. The van der Waals surface area contributed by atoms with E-state index in [2.05, 4.69) is 43.4 Å². The van der Waals surface area contributed by atoms with E-state index in [1.165, 1.54) is 16.7 Å². The average molecular weight is 322 g/mol. The summed E-state index contributed by atoms with van der Waals surface area (Å²) in [5, 5.41) is 4.78. The number of rotatable bonds is 6. The van der Waals surface area contributed by atoms with Gasteiger partial charge in [-0.05, 0) is 48.2 Å². The highest BCUT2D eigenvalue weighted by Crippen LogP contribution is 2.26. The lowest BCUT2D eigenvalue weighted by Gasteiger charge is -2.19. The zero-order valence-corrected chi connectivity index (χ0v) is 14.0. The van der Waals surface area contributed by atoms with Gasteiger partial charge in [-0.25, -0.2) is 0 Å². The minimum atomic E-state index is 0.291. The quantitative estimate of drug-likeness (QED) is 0.746. The van der Waals surface area contributed by atoms with Crippen LogP contribution in [0.2, 0.25) is 10.0 Å². The molecule has 0 aromatic heterocycles. The summed E-state index contributed by atoms with van der Waals surface area (Å²) in [7, 11) is 0. The second-order valence-electron chi connectivity index (χ2n) is 5.16. The molecule has 0 saturated carbocycles. The summed E-state index contributed by atoms with van der Waals surface area (Å²) in [6.07, 6.45) is 1.96. The molecule has 0 fully saturated rings. The highest BCUT2D eigenvalue weighted by molar-refractivity contribution is 6.42. The topological polar surface area (TPSA) is 12.0 Å². The Kier molecular flexibility index (Phi) is 6.10. The lowest BCUT2D eigenvalue weighted by atomic mass is 9.97. The van der Waals surface area contributed by atoms with E-state index in [4.69, 9.17) is 23.2 Å². The third-order valence-corrected chi connectivity index (χ3v) is 4.38. The Bertz CT molecular complexity index is 596. The van der Waals surface area contributed by atoms with Crippen molar-refractivity contribution in [3.8, 4) is 0 Å². The lowest BCUT2D eigenvalue weighted by Crippen LogP contribution is -2.23. The molecule has 0 radical (unpaired) electrons. The zero-order chi connectivity index (χ0) is 15.2. The zero-order valence-electron chi connectivity index (χ0n) is 12.5. The van der Waals surface area contributed by atoms with Crippen molar-refractivity contribution in [2.45, 2.75) is 32.7 Å². The van der Waals surface area contributed by atoms with Crippen LogP contribution in [-0.2, 0) is 12.8 Å². The van der Waals surface area contributed by atoms with Crippen LogP contribution in [0.4, 0.5) is 0 Å². The van der Waals surface area contributed by atoms with Crippen LogP contribution in [0.15, 0.2) is 42.5 Å². The second kappa shape index (κ2) is 7.84. The number of likely N-dealkylation sites (N-methyl/N-ethyl adjacent to an activating group) is 1. The SMILES string of the molecule is CCNC(Cc1ccc(Cl)c(Cl)c1)c1cccc(CC)c1. The Morgan fingerprint density at radius 1 is 0.952 bits per heavy atom. The number of hydrogen-bond acceptors (Lipinski definition) is 1. The molecule has 2 aromatic rings. The Hall–Kier alpha value is -1.02. The van der Waals surface area contributed by atoms with Gasteiger partial charge in [-0.2, -0.15) is 0 Å². The Balaban J connectivity index is 2.23. The molecular weight excluding hydrogens is 301 g/mol.